The number of rotatable bonds is 3. The van der Waals surface area contributed by atoms with Gasteiger partial charge in [0.05, 0.1) is 6.07 Å². The van der Waals surface area contributed by atoms with Crippen molar-refractivity contribution in [1.29, 1.82) is 5.26 Å². The minimum absolute atomic E-state index is 0.00949. The van der Waals surface area contributed by atoms with Crippen LogP contribution in [0.5, 0.6) is 0 Å². The lowest BCUT2D eigenvalue weighted by molar-refractivity contribution is 0.0795. The highest BCUT2D eigenvalue weighted by Crippen LogP contribution is 2.18. The molecule has 0 aromatic rings. The van der Waals surface area contributed by atoms with E-state index in [1.165, 1.54) is 0 Å². The highest BCUT2D eigenvalue weighted by atomic mass is 15.3. The summed E-state index contributed by atoms with van der Waals surface area (Å²) in [5.41, 5.74) is 0.00949. The lowest BCUT2D eigenvalue weighted by Crippen LogP contribution is -2.53. The van der Waals surface area contributed by atoms with Crippen LogP contribution < -0.4 is 0 Å². The van der Waals surface area contributed by atoms with Crippen molar-refractivity contribution in [2.75, 3.05) is 32.7 Å². The zero-order chi connectivity index (χ0) is 11.3. The molecule has 0 aliphatic carbocycles. The van der Waals surface area contributed by atoms with E-state index in [0.29, 0.717) is 0 Å². The van der Waals surface area contributed by atoms with Gasteiger partial charge in [-0.1, -0.05) is 13.0 Å². The van der Waals surface area contributed by atoms with Crippen LogP contribution in [0, 0.1) is 11.3 Å². The third-order valence-electron chi connectivity index (χ3n) is 3.20. The van der Waals surface area contributed by atoms with E-state index < -0.39 is 0 Å². The summed E-state index contributed by atoms with van der Waals surface area (Å²) in [6, 6.07) is 2.07. The second-order valence-electron chi connectivity index (χ2n) is 4.54. The Balaban J connectivity index is 2.52. The lowest BCUT2D eigenvalue weighted by atomic mass is 10.0. The average Bonchev–Trinajstić information content (AvgIpc) is 2.26. The molecular weight excluding hydrogens is 186 g/mol. The van der Waals surface area contributed by atoms with Crippen LogP contribution in [0.1, 0.15) is 20.8 Å². The van der Waals surface area contributed by atoms with Gasteiger partial charge >= 0.3 is 0 Å². The quantitative estimate of drug-likeness (QED) is 0.657. The normalized spacial score (nSPS) is 20.7. The fraction of sp³-hybridized carbons (Fsp3) is 0.750. The van der Waals surface area contributed by atoms with Gasteiger partial charge < -0.3 is 4.90 Å². The molecule has 1 heterocycles. The Morgan fingerprint density at radius 3 is 2.33 bits per heavy atom. The number of likely N-dealkylation sites (N-methyl/N-ethyl adjacent to an activating group) is 1. The van der Waals surface area contributed by atoms with Crippen LogP contribution >= 0.6 is 0 Å². The molecule has 1 aliphatic heterocycles. The molecule has 84 valence electrons. The monoisotopic (exact) mass is 207 g/mol. The molecule has 0 aromatic carbocycles. The first-order valence-electron chi connectivity index (χ1n) is 5.65. The van der Waals surface area contributed by atoms with Crippen LogP contribution in [0.4, 0.5) is 0 Å². The number of hydrogen-bond acceptors (Lipinski definition) is 3. The van der Waals surface area contributed by atoms with Crippen molar-refractivity contribution in [1.82, 2.24) is 9.80 Å². The van der Waals surface area contributed by atoms with E-state index in [-0.39, 0.29) is 5.54 Å². The van der Waals surface area contributed by atoms with E-state index in [0.717, 1.165) is 32.7 Å². The number of allylic oxidation sites excluding steroid dienone is 1. The van der Waals surface area contributed by atoms with E-state index in [9.17, 15) is 0 Å². The van der Waals surface area contributed by atoms with Gasteiger partial charge in [0.15, 0.2) is 0 Å². The molecule has 0 bridgehead atoms. The van der Waals surface area contributed by atoms with Crippen LogP contribution in [0.15, 0.2) is 12.2 Å². The van der Waals surface area contributed by atoms with Gasteiger partial charge in [-0.15, -0.1) is 0 Å². The van der Waals surface area contributed by atoms with Crippen molar-refractivity contribution in [3.63, 3.8) is 0 Å². The number of hydrogen-bond donors (Lipinski definition) is 0. The SMILES string of the molecule is CCN1CCN(C(C)(C)C=CC#N)CC1. The van der Waals surface area contributed by atoms with Gasteiger partial charge in [0.1, 0.15) is 0 Å². The first-order chi connectivity index (χ1) is 7.10. The fourth-order valence-corrected chi connectivity index (χ4v) is 1.99. The van der Waals surface area contributed by atoms with E-state index in [1.807, 2.05) is 6.08 Å². The summed E-state index contributed by atoms with van der Waals surface area (Å²) in [5, 5.41) is 8.54. The highest BCUT2D eigenvalue weighted by molar-refractivity contribution is 5.11. The van der Waals surface area contributed by atoms with Crippen molar-refractivity contribution in [3.05, 3.63) is 12.2 Å². The molecule has 0 spiro atoms. The van der Waals surface area contributed by atoms with Gasteiger partial charge in [-0.3, -0.25) is 4.90 Å². The first kappa shape index (κ1) is 12.2. The summed E-state index contributed by atoms with van der Waals surface area (Å²) in [6.45, 7) is 12.2. The molecule has 3 nitrogen and oxygen atoms in total. The Morgan fingerprint density at radius 1 is 1.27 bits per heavy atom. The maximum atomic E-state index is 8.54. The number of piperazine rings is 1. The Labute approximate surface area is 93.0 Å². The third kappa shape index (κ3) is 3.33. The Hall–Kier alpha value is -0.850. The summed E-state index contributed by atoms with van der Waals surface area (Å²) in [7, 11) is 0. The summed E-state index contributed by atoms with van der Waals surface area (Å²) in [4.78, 5) is 4.90. The van der Waals surface area contributed by atoms with Gasteiger partial charge in [0, 0.05) is 37.8 Å². The van der Waals surface area contributed by atoms with Crippen LogP contribution in [0.25, 0.3) is 0 Å². The molecule has 1 fully saturated rings. The molecule has 0 N–H and O–H groups in total. The Kier molecular flexibility index (Phi) is 4.31. The van der Waals surface area contributed by atoms with Gasteiger partial charge in [0.2, 0.25) is 0 Å². The predicted octanol–water partition coefficient (Wildman–Crippen LogP) is 1.48. The molecule has 0 radical (unpaired) electrons. The Bertz CT molecular complexity index is 255. The molecule has 0 unspecified atom stereocenters. The molecule has 15 heavy (non-hydrogen) atoms. The first-order valence-corrected chi connectivity index (χ1v) is 5.65. The minimum Gasteiger partial charge on any atom is -0.301 e. The van der Waals surface area contributed by atoms with Crippen LogP contribution in [0.2, 0.25) is 0 Å². The number of nitriles is 1. The third-order valence-corrected chi connectivity index (χ3v) is 3.20. The van der Waals surface area contributed by atoms with Gasteiger partial charge in [-0.2, -0.15) is 5.26 Å². The minimum atomic E-state index is 0.00949. The van der Waals surface area contributed by atoms with E-state index in [2.05, 4.69) is 36.6 Å². The van der Waals surface area contributed by atoms with E-state index >= 15 is 0 Å². The maximum Gasteiger partial charge on any atom is 0.0909 e. The molecule has 0 amide bonds. The Morgan fingerprint density at radius 2 is 1.87 bits per heavy atom. The summed E-state index contributed by atoms with van der Waals surface area (Å²) in [5.74, 6) is 0. The molecule has 1 aliphatic rings. The molecule has 3 heteroatoms. The molecule has 1 saturated heterocycles. The zero-order valence-corrected chi connectivity index (χ0v) is 10.0. The van der Waals surface area contributed by atoms with Gasteiger partial charge in [-0.05, 0) is 20.4 Å². The largest absolute Gasteiger partial charge is 0.301 e. The maximum absolute atomic E-state index is 8.54. The van der Waals surface area contributed by atoms with Crippen molar-refractivity contribution >= 4 is 0 Å². The molecule has 0 saturated carbocycles. The second-order valence-corrected chi connectivity index (χ2v) is 4.54. The average molecular weight is 207 g/mol. The second kappa shape index (κ2) is 5.29. The predicted molar refractivity (Wildman–Crippen MR) is 62.5 cm³/mol. The smallest absolute Gasteiger partial charge is 0.0909 e. The van der Waals surface area contributed by atoms with E-state index in [1.54, 1.807) is 6.08 Å². The molecule has 0 aromatic heterocycles. The van der Waals surface area contributed by atoms with Crippen molar-refractivity contribution < 1.29 is 0 Å². The topological polar surface area (TPSA) is 30.3 Å². The molecule has 0 atom stereocenters. The summed E-state index contributed by atoms with van der Waals surface area (Å²) < 4.78 is 0. The zero-order valence-electron chi connectivity index (χ0n) is 10.0. The number of nitrogens with zero attached hydrogens (tertiary/aromatic N) is 3. The van der Waals surface area contributed by atoms with E-state index in [4.69, 9.17) is 5.26 Å². The highest BCUT2D eigenvalue weighted by Gasteiger charge is 2.26. The summed E-state index contributed by atoms with van der Waals surface area (Å²) in [6.07, 6.45) is 3.58. The van der Waals surface area contributed by atoms with Crippen LogP contribution in [0.3, 0.4) is 0 Å². The molecule has 1 rings (SSSR count). The fourth-order valence-electron chi connectivity index (χ4n) is 1.99. The van der Waals surface area contributed by atoms with Crippen LogP contribution in [-0.2, 0) is 0 Å². The van der Waals surface area contributed by atoms with Crippen molar-refractivity contribution in [2.45, 2.75) is 26.3 Å². The molecular formula is C12H21N3. The van der Waals surface area contributed by atoms with Crippen molar-refractivity contribution in [3.8, 4) is 6.07 Å². The van der Waals surface area contributed by atoms with Gasteiger partial charge in [-0.25, -0.2) is 0 Å². The summed E-state index contributed by atoms with van der Waals surface area (Å²) >= 11 is 0. The standard InChI is InChI=1S/C12H21N3/c1-4-14-8-10-15(11-9-14)12(2,3)6-5-7-13/h5-6H,4,8-11H2,1-3H3. The van der Waals surface area contributed by atoms with Crippen LogP contribution in [-0.4, -0.2) is 48.1 Å². The van der Waals surface area contributed by atoms with Gasteiger partial charge in [0.25, 0.3) is 0 Å². The lowest BCUT2D eigenvalue weighted by Gasteiger charge is -2.42. The van der Waals surface area contributed by atoms with Crippen molar-refractivity contribution in [2.24, 2.45) is 0 Å².